The first-order valence-corrected chi connectivity index (χ1v) is 12.5. The minimum absolute atomic E-state index is 0.248. The Morgan fingerprint density at radius 2 is 1.84 bits per heavy atom. The first-order valence-electron chi connectivity index (χ1n) is 12.5. The molecule has 0 atom stereocenters. The van der Waals surface area contributed by atoms with Gasteiger partial charge in [-0.15, -0.1) is 0 Å². The number of nitrogens with zero attached hydrogens (tertiary/aromatic N) is 1. The summed E-state index contributed by atoms with van der Waals surface area (Å²) in [5.41, 5.74) is 5.76. The van der Waals surface area contributed by atoms with E-state index in [1.165, 1.54) is 68.1 Å². The highest BCUT2D eigenvalue weighted by Gasteiger charge is 2.26. The number of carbonyl (C=O) groups excluding carboxylic acids is 1. The predicted octanol–water partition coefficient (Wildman–Crippen LogP) is 8.48. The second kappa shape index (κ2) is 13.4. The number of hydrogen-bond acceptors (Lipinski definition) is 3. The molecule has 0 unspecified atom stereocenters. The summed E-state index contributed by atoms with van der Waals surface area (Å²) >= 11 is 0. The van der Waals surface area contributed by atoms with Gasteiger partial charge >= 0.3 is 5.97 Å². The highest BCUT2D eigenvalue weighted by molar-refractivity contribution is 5.87. The van der Waals surface area contributed by atoms with Gasteiger partial charge in [0.15, 0.2) is 0 Å². The standard InChI is InChI=1S/C29H43NO2/c1-6-7-8-9-10-11-12-20-32-28(31)27-18-16-25(22-30-27)21-23(2)15-17-26-24(3)14-13-19-29(26,4)5/h15-18,21-22H,6-14,19-20H2,1-5H3. The summed E-state index contributed by atoms with van der Waals surface area (Å²) in [5.74, 6) is -0.329. The molecule has 0 aromatic carbocycles. The minimum atomic E-state index is -0.329. The van der Waals surface area contributed by atoms with Gasteiger partial charge in [0.25, 0.3) is 0 Å². The smallest absolute Gasteiger partial charge is 0.356 e. The van der Waals surface area contributed by atoms with Crippen molar-refractivity contribution in [1.29, 1.82) is 0 Å². The van der Waals surface area contributed by atoms with Crippen LogP contribution in [-0.2, 0) is 4.74 Å². The molecule has 0 bridgehead atoms. The average molecular weight is 438 g/mol. The van der Waals surface area contributed by atoms with Crippen molar-refractivity contribution in [2.45, 2.75) is 98.8 Å². The van der Waals surface area contributed by atoms with Gasteiger partial charge in [0, 0.05) is 6.20 Å². The quantitative estimate of drug-likeness (QED) is 0.187. The van der Waals surface area contributed by atoms with E-state index in [1.807, 2.05) is 6.07 Å². The summed E-state index contributed by atoms with van der Waals surface area (Å²) in [4.78, 5) is 16.5. The number of esters is 1. The molecule has 0 saturated heterocycles. The molecule has 0 fully saturated rings. The second-order valence-corrected chi connectivity index (χ2v) is 9.89. The van der Waals surface area contributed by atoms with Gasteiger partial charge in [-0.3, -0.25) is 0 Å². The van der Waals surface area contributed by atoms with Crippen molar-refractivity contribution in [2.24, 2.45) is 5.41 Å². The van der Waals surface area contributed by atoms with Crippen LogP contribution in [0.15, 0.2) is 47.2 Å². The molecule has 0 aliphatic heterocycles. The molecule has 0 radical (unpaired) electrons. The molecule has 1 aromatic rings. The maximum Gasteiger partial charge on any atom is 0.356 e. The van der Waals surface area contributed by atoms with Crippen molar-refractivity contribution in [3.63, 3.8) is 0 Å². The lowest BCUT2D eigenvalue weighted by Crippen LogP contribution is -2.19. The van der Waals surface area contributed by atoms with Crippen LogP contribution in [-0.4, -0.2) is 17.6 Å². The van der Waals surface area contributed by atoms with Crippen LogP contribution in [0.1, 0.15) is 115 Å². The summed E-state index contributed by atoms with van der Waals surface area (Å²) in [7, 11) is 0. The number of carbonyl (C=O) groups is 1. The van der Waals surface area contributed by atoms with Crippen LogP contribution in [0, 0.1) is 5.41 Å². The Morgan fingerprint density at radius 3 is 2.50 bits per heavy atom. The monoisotopic (exact) mass is 437 g/mol. The Labute approximate surface area is 196 Å². The molecule has 0 N–H and O–H groups in total. The van der Waals surface area contributed by atoms with Gasteiger partial charge in [-0.2, -0.15) is 0 Å². The number of ether oxygens (including phenoxy) is 1. The molecule has 32 heavy (non-hydrogen) atoms. The van der Waals surface area contributed by atoms with E-state index in [9.17, 15) is 4.79 Å². The second-order valence-electron chi connectivity index (χ2n) is 9.89. The fourth-order valence-electron chi connectivity index (χ4n) is 4.45. The number of unbranched alkanes of at least 4 members (excludes halogenated alkanes) is 6. The van der Waals surface area contributed by atoms with E-state index in [2.05, 4.69) is 57.8 Å². The fraction of sp³-hybridized carbons (Fsp3) is 0.586. The molecule has 0 amide bonds. The van der Waals surface area contributed by atoms with Crippen molar-refractivity contribution in [3.05, 3.63) is 58.5 Å². The van der Waals surface area contributed by atoms with E-state index in [0.29, 0.717) is 12.3 Å². The molecule has 0 spiro atoms. The summed E-state index contributed by atoms with van der Waals surface area (Å²) < 4.78 is 5.38. The molecule has 176 valence electrons. The summed E-state index contributed by atoms with van der Waals surface area (Å²) in [5, 5.41) is 0. The summed E-state index contributed by atoms with van der Waals surface area (Å²) in [6.07, 6.45) is 20.5. The summed E-state index contributed by atoms with van der Waals surface area (Å²) in [6, 6.07) is 3.69. The van der Waals surface area contributed by atoms with Crippen molar-refractivity contribution in [2.75, 3.05) is 6.61 Å². The third-order valence-corrected chi connectivity index (χ3v) is 6.43. The Hall–Kier alpha value is -2.16. The number of pyridine rings is 1. The zero-order chi connectivity index (χ0) is 23.4. The lowest BCUT2D eigenvalue weighted by Gasteiger charge is -2.32. The van der Waals surface area contributed by atoms with Crippen molar-refractivity contribution in [1.82, 2.24) is 4.98 Å². The van der Waals surface area contributed by atoms with E-state index >= 15 is 0 Å². The average Bonchev–Trinajstić information content (AvgIpc) is 2.75. The number of rotatable bonds is 12. The lowest BCUT2D eigenvalue weighted by atomic mass is 9.72. The van der Waals surface area contributed by atoms with Gasteiger partial charge in [0.1, 0.15) is 5.69 Å². The maximum absolute atomic E-state index is 12.2. The zero-order valence-corrected chi connectivity index (χ0v) is 21.0. The van der Waals surface area contributed by atoms with Crippen molar-refractivity contribution < 1.29 is 9.53 Å². The molecule has 3 heteroatoms. The van der Waals surface area contributed by atoms with Gasteiger partial charge in [-0.1, -0.05) is 94.7 Å². The van der Waals surface area contributed by atoms with Gasteiger partial charge in [0.2, 0.25) is 0 Å². The molecular formula is C29H43NO2. The van der Waals surface area contributed by atoms with Crippen LogP contribution in [0.4, 0.5) is 0 Å². The Balaban J connectivity index is 1.82. The Kier molecular flexibility index (Phi) is 10.9. The Morgan fingerprint density at radius 1 is 1.12 bits per heavy atom. The molecule has 0 saturated carbocycles. The van der Waals surface area contributed by atoms with Crippen molar-refractivity contribution in [3.8, 4) is 0 Å². The van der Waals surface area contributed by atoms with E-state index in [4.69, 9.17) is 4.74 Å². The topological polar surface area (TPSA) is 39.2 Å². The lowest BCUT2D eigenvalue weighted by molar-refractivity contribution is 0.0490. The van der Waals surface area contributed by atoms with Crippen LogP contribution >= 0.6 is 0 Å². The molecular weight excluding hydrogens is 394 g/mol. The van der Waals surface area contributed by atoms with Crippen molar-refractivity contribution >= 4 is 12.0 Å². The maximum atomic E-state index is 12.2. The third-order valence-electron chi connectivity index (χ3n) is 6.43. The number of allylic oxidation sites excluding steroid dienone is 5. The molecule has 1 aromatic heterocycles. The number of aromatic nitrogens is 1. The third kappa shape index (κ3) is 8.76. The molecule has 1 aliphatic rings. The minimum Gasteiger partial charge on any atom is -0.461 e. The fourth-order valence-corrected chi connectivity index (χ4v) is 4.45. The Bertz CT molecular complexity index is 812. The molecule has 2 rings (SSSR count). The zero-order valence-electron chi connectivity index (χ0n) is 21.0. The SMILES string of the molecule is CCCCCCCCCOC(=O)c1ccc(C=C(C)C=CC2=C(C)CCCC2(C)C)cn1. The van der Waals surface area contributed by atoms with E-state index in [1.54, 1.807) is 12.3 Å². The molecule has 1 aliphatic carbocycles. The number of hydrogen-bond donors (Lipinski definition) is 0. The first kappa shape index (κ1) is 26.1. The van der Waals surface area contributed by atoms with E-state index in [0.717, 1.165) is 18.4 Å². The van der Waals surface area contributed by atoms with E-state index in [-0.39, 0.29) is 11.4 Å². The van der Waals surface area contributed by atoms with Gasteiger partial charge in [-0.25, -0.2) is 9.78 Å². The first-order chi connectivity index (χ1) is 15.3. The molecule has 3 nitrogen and oxygen atoms in total. The molecule has 1 heterocycles. The highest BCUT2D eigenvalue weighted by Crippen LogP contribution is 2.40. The van der Waals surface area contributed by atoms with E-state index < -0.39 is 0 Å². The highest BCUT2D eigenvalue weighted by atomic mass is 16.5. The van der Waals surface area contributed by atoms with Crippen LogP contribution in [0.25, 0.3) is 6.08 Å². The summed E-state index contributed by atoms with van der Waals surface area (Å²) in [6.45, 7) is 11.7. The predicted molar refractivity (Wildman–Crippen MR) is 136 cm³/mol. The van der Waals surface area contributed by atoms with Gasteiger partial charge in [-0.05, 0) is 62.1 Å². The van der Waals surface area contributed by atoms with Gasteiger partial charge in [0.05, 0.1) is 6.61 Å². The normalized spacial score (nSPS) is 16.6. The van der Waals surface area contributed by atoms with Gasteiger partial charge < -0.3 is 4.74 Å². The van der Waals surface area contributed by atoms with Crippen LogP contribution in [0.5, 0.6) is 0 Å². The largest absolute Gasteiger partial charge is 0.461 e. The van der Waals surface area contributed by atoms with Crippen LogP contribution < -0.4 is 0 Å². The van der Waals surface area contributed by atoms with Crippen LogP contribution in [0.2, 0.25) is 0 Å². The van der Waals surface area contributed by atoms with Crippen LogP contribution in [0.3, 0.4) is 0 Å².